The van der Waals surface area contributed by atoms with Gasteiger partial charge in [0.2, 0.25) is 16.4 Å². The molecule has 1 saturated carbocycles. The van der Waals surface area contributed by atoms with Crippen molar-refractivity contribution in [3.63, 3.8) is 0 Å². The second-order valence-corrected chi connectivity index (χ2v) is 16.0. The molecule has 0 saturated heterocycles. The van der Waals surface area contributed by atoms with E-state index < -0.39 is 0 Å². The van der Waals surface area contributed by atoms with Crippen LogP contribution in [0.4, 0.5) is 5.69 Å². The maximum absolute atomic E-state index is 14.0. The number of amides is 1. The lowest BCUT2D eigenvalue weighted by Crippen LogP contribution is -2.52. The average molecular weight is 623 g/mol. The zero-order valence-corrected chi connectivity index (χ0v) is 29.6. The van der Waals surface area contributed by atoms with E-state index in [1.54, 1.807) is 0 Å². The van der Waals surface area contributed by atoms with Crippen LogP contribution in [0, 0.1) is 17.3 Å². The molecule has 0 spiro atoms. The van der Waals surface area contributed by atoms with Gasteiger partial charge in [-0.3, -0.25) is 4.79 Å². The zero-order chi connectivity index (χ0) is 32.6. The minimum absolute atomic E-state index is 0.00437. The van der Waals surface area contributed by atoms with Gasteiger partial charge in [-0.15, -0.1) is 0 Å². The molecular formula is C40H52NO3Si. The molecule has 5 rings (SSSR count). The van der Waals surface area contributed by atoms with Crippen LogP contribution in [0.25, 0.3) is 0 Å². The van der Waals surface area contributed by atoms with E-state index in [2.05, 4.69) is 102 Å². The highest BCUT2D eigenvalue weighted by Crippen LogP contribution is 2.52. The predicted molar refractivity (Wildman–Crippen MR) is 186 cm³/mol. The summed E-state index contributed by atoms with van der Waals surface area (Å²) >= 11 is 0. The average Bonchev–Trinajstić information content (AvgIpc) is 3.00. The Morgan fingerprint density at radius 3 is 2.00 bits per heavy atom. The van der Waals surface area contributed by atoms with Crippen molar-refractivity contribution in [1.29, 1.82) is 0 Å². The first kappa shape index (κ1) is 33.5. The van der Waals surface area contributed by atoms with Gasteiger partial charge in [0.25, 0.3) is 0 Å². The van der Waals surface area contributed by atoms with Crippen LogP contribution in [-0.2, 0) is 14.6 Å². The largest absolute Gasteiger partial charge is 0.457 e. The van der Waals surface area contributed by atoms with Crippen molar-refractivity contribution in [2.24, 2.45) is 17.3 Å². The lowest BCUT2D eigenvalue weighted by Gasteiger charge is -2.52. The number of fused-ring (bicyclic) bond motifs is 2. The van der Waals surface area contributed by atoms with E-state index in [4.69, 9.17) is 9.16 Å². The van der Waals surface area contributed by atoms with Gasteiger partial charge in [-0.05, 0) is 77.7 Å². The standard InChI is InChI=1S/C40H52NO3Si/c1-26(37(39(5,6)7)40(8,44-45)28-16-10-9-11-17-28)27-22-23-32(38(2,3)4)33(24-27)41-36(42)25-31-29-18-12-14-20-34(29)43-35-21-15-13-19-30(31)35/h12-15,18-24,26,28,31,37H,9-11,16-17,25H2,1-8H3,(H,41,42). The van der Waals surface area contributed by atoms with Crippen molar-refractivity contribution in [2.75, 3.05) is 5.32 Å². The third-order valence-electron chi connectivity index (χ3n) is 10.5. The maximum atomic E-state index is 14.0. The van der Waals surface area contributed by atoms with E-state index in [-0.39, 0.29) is 40.1 Å². The number of ether oxygens (including phenoxy) is 1. The Morgan fingerprint density at radius 1 is 0.889 bits per heavy atom. The Morgan fingerprint density at radius 2 is 1.47 bits per heavy atom. The molecule has 1 amide bonds. The van der Waals surface area contributed by atoms with E-state index in [0.29, 0.717) is 12.3 Å². The van der Waals surface area contributed by atoms with E-state index in [9.17, 15) is 4.79 Å². The summed E-state index contributed by atoms with van der Waals surface area (Å²) in [6, 6.07) is 22.9. The summed E-state index contributed by atoms with van der Waals surface area (Å²) in [7, 11) is 3.59. The summed E-state index contributed by atoms with van der Waals surface area (Å²) < 4.78 is 12.5. The van der Waals surface area contributed by atoms with Gasteiger partial charge in [0.05, 0.1) is 5.60 Å². The number of carbonyl (C=O) groups excluding carboxylic acids is 1. The fourth-order valence-electron chi connectivity index (χ4n) is 8.59. The minimum Gasteiger partial charge on any atom is -0.457 e. The molecule has 3 aromatic carbocycles. The molecule has 5 heteroatoms. The molecule has 4 nitrogen and oxygen atoms in total. The van der Waals surface area contributed by atoms with Crippen molar-refractivity contribution in [3.8, 4) is 11.5 Å². The Balaban J connectivity index is 1.48. The topological polar surface area (TPSA) is 47.6 Å². The normalized spacial score (nSPS) is 18.6. The molecule has 1 fully saturated rings. The number of benzene rings is 3. The van der Waals surface area contributed by atoms with Gasteiger partial charge in [-0.2, -0.15) is 0 Å². The molecule has 239 valence electrons. The third kappa shape index (κ3) is 6.95. The highest BCUT2D eigenvalue weighted by molar-refractivity contribution is 5.98. The Labute approximate surface area is 275 Å². The zero-order valence-electron chi connectivity index (χ0n) is 28.6. The highest BCUT2D eigenvalue weighted by atomic mass is 28.2. The van der Waals surface area contributed by atoms with Gasteiger partial charge in [0.15, 0.2) is 0 Å². The van der Waals surface area contributed by atoms with Crippen molar-refractivity contribution >= 4 is 22.1 Å². The molecule has 3 atom stereocenters. The molecule has 1 heterocycles. The van der Waals surface area contributed by atoms with Crippen LogP contribution >= 0.6 is 0 Å². The van der Waals surface area contributed by atoms with Gasteiger partial charge < -0.3 is 14.5 Å². The first-order chi connectivity index (χ1) is 21.2. The number of para-hydroxylation sites is 2. The Hall–Kier alpha value is -2.89. The molecule has 3 unspecified atom stereocenters. The molecule has 0 aromatic heterocycles. The molecule has 3 radical (unpaired) electrons. The molecule has 3 aromatic rings. The van der Waals surface area contributed by atoms with E-state index in [1.807, 2.05) is 36.4 Å². The monoisotopic (exact) mass is 622 g/mol. The van der Waals surface area contributed by atoms with E-state index >= 15 is 0 Å². The molecule has 2 aliphatic rings. The van der Waals surface area contributed by atoms with Gasteiger partial charge in [0, 0.05) is 29.2 Å². The van der Waals surface area contributed by atoms with Crippen LogP contribution in [0.3, 0.4) is 0 Å². The van der Waals surface area contributed by atoms with E-state index in [1.165, 1.54) is 37.7 Å². The molecule has 1 N–H and O–H groups in total. The number of hydrogen-bond donors (Lipinski definition) is 1. The van der Waals surface area contributed by atoms with Crippen molar-refractivity contribution < 1.29 is 14.0 Å². The first-order valence-electron chi connectivity index (χ1n) is 16.9. The highest BCUT2D eigenvalue weighted by Gasteiger charge is 2.49. The smallest absolute Gasteiger partial charge is 0.247 e. The lowest BCUT2D eigenvalue weighted by atomic mass is 9.58. The maximum Gasteiger partial charge on any atom is 0.247 e. The number of carbonyl (C=O) groups is 1. The SMILES string of the molecule is CC(c1ccc(C(C)(C)C)c(NC(=O)CC2c3ccccc3Oc3ccccc32)c1)C(C(C)(C)C)C(C)(O[Si])C1CCCCC1. The number of anilines is 1. The number of hydrogen-bond acceptors (Lipinski definition) is 3. The summed E-state index contributed by atoms with van der Waals surface area (Å²) in [6.07, 6.45) is 6.57. The quantitative estimate of drug-likeness (QED) is 0.254. The fourth-order valence-corrected chi connectivity index (χ4v) is 8.89. The third-order valence-corrected chi connectivity index (χ3v) is 11.0. The van der Waals surface area contributed by atoms with Crippen LogP contribution < -0.4 is 10.1 Å². The Bertz CT molecular complexity index is 1450. The molecule has 45 heavy (non-hydrogen) atoms. The van der Waals surface area contributed by atoms with Crippen LogP contribution in [-0.4, -0.2) is 22.0 Å². The predicted octanol–water partition coefficient (Wildman–Crippen LogP) is 10.5. The summed E-state index contributed by atoms with van der Waals surface area (Å²) in [5.41, 5.74) is 4.89. The summed E-state index contributed by atoms with van der Waals surface area (Å²) in [5.74, 6) is 2.51. The van der Waals surface area contributed by atoms with Crippen molar-refractivity contribution in [1.82, 2.24) is 0 Å². The van der Waals surface area contributed by atoms with Crippen molar-refractivity contribution in [2.45, 2.75) is 117 Å². The van der Waals surface area contributed by atoms with Crippen LogP contribution in [0.15, 0.2) is 66.7 Å². The van der Waals surface area contributed by atoms with Crippen molar-refractivity contribution in [3.05, 3.63) is 89.0 Å². The fraction of sp³-hybridized carbons (Fsp3) is 0.525. The molecule has 1 aliphatic heterocycles. The van der Waals surface area contributed by atoms with Gasteiger partial charge in [0.1, 0.15) is 11.5 Å². The summed E-state index contributed by atoms with van der Waals surface area (Å²) in [5, 5.41) is 3.39. The summed E-state index contributed by atoms with van der Waals surface area (Å²) in [4.78, 5) is 14.0. The van der Waals surface area contributed by atoms with Gasteiger partial charge in [-0.1, -0.05) is 116 Å². The van der Waals surface area contributed by atoms with Gasteiger partial charge >= 0.3 is 0 Å². The summed E-state index contributed by atoms with van der Waals surface area (Å²) in [6.45, 7) is 18.3. The second-order valence-electron chi connectivity index (χ2n) is 15.8. The Kier molecular flexibility index (Phi) is 9.73. The molecule has 1 aliphatic carbocycles. The lowest BCUT2D eigenvalue weighted by molar-refractivity contribution is -0.116. The van der Waals surface area contributed by atoms with Crippen LogP contribution in [0.2, 0.25) is 0 Å². The first-order valence-corrected chi connectivity index (χ1v) is 17.3. The minimum atomic E-state index is -0.328. The van der Waals surface area contributed by atoms with E-state index in [0.717, 1.165) is 33.9 Å². The molecular weight excluding hydrogens is 571 g/mol. The molecule has 0 bridgehead atoms. The number of rotatable bonds is 8. The van der Waals surface area contributed by atoms with Crippen LogP contribution in [0.1, 0.15) is 128 Å². The van der Waals surface area contributed by atoms with Crippen LogP contribution in [0.5, 0.6) is 11.5 Å². The second kappa shape index (κ2) is 13.1. The number of nitrogens with one attached hydrogen (secondary N) is 1. The van der Waals surface area contributed by atoms with Gasteiger partial charge in [-0.25, -0.2) is 0 Å².